The molecule has 0 fully saturated rings. The summed E-state index contributed by atoms with van der Waals surface area (Å²) in [7, 11) is 1.43. The summed E-state index contributed by atoms with van der Waals surface area (Å²) in [5, 5.41) is 0. The maximum absolute atomic E-state index is 13.2. The lowest BCUT2D eigenvalue weighted by Crippen LogP contribution is -2.60. The molecule has 0 aromatic carbocycles. The molecule has 2 nitrogen and oxygen atoms in total. The van der Waals surface area contributed by atoms with E-state index in [-0.39, 0.29) is 14.1 Å². The smallest absolute Gasteiger partial charge is 0.362 e. The third-order valence-electron chi connectivity index (χ3n) is 2.49. The van der Waals surface area contributed by atoms with Crippen LogP contribution in [-0.2, 0) is 0 Å². The van der Waals surface area contributed by atoms with Crippen molar-refractivity contribution >= 4 is 0 Å². The third kappa shape index (κ3) is 3.09. The van der Waals surface area contributed by atoms with Gasteiger partial charge < -0.3 is 9.80 Å². The Kier molecular flexibility index (Phi) is 5.30. The van der Waals surface area contributed by atoms with Gasteiger partial charge in [-0.1, -0.05) is 7.43 Å². The Balaban J connectivity index is 0.00000361. The minimum Gasteiger partial charge on any atom is -0.362 e. The van der Waals surface area contributed by atoms with Crippen LogP contribution in [0.2, 0.25) is 0 Å². The average Bonchev–Trinajstić information content (AvgIpc) is 2.62. The Morgan fingerprint density at radius 3 is 1.90 bits per heavy atom. The van der Waals surface area contributed by atoms with Gasteiger partial charge in [0.25, 0.3) is 0 Å². The first-order valence-corrected chi connectivity index (χ1v) is 4.96. The average molecular weight is 314 g/mol. The first-order valence-electron chi connectivity index (χ1n) is 4.96. The molecule has 1 rings (SSSR count). The van der Waals surface area contributed by atoms with E-state index in [4.69, 9.17) is 0 Å². The van der Waals surface area contributed by atoms with Crippen LogP contribution in [0.4, 0.5) is 35.1 Å². The highest BCUT2D eigenvalue weighted by molar-refractivity contribution is 5.01. The summed E-state index contributed by atoms with van der Waals surface area (Å²) in [5.74, 6) is -17.6. The minimum absolute atomic E-state index is 0. The molecule has 1 aliphatic rings. The number of rotatable bonds is 5. The van der Waals surface area contributed by atoms with Crippen molar-refractivity contribution in [2.75, 3.05) is 20.3 Å². The normalized spacial score (nSPS) is 16.9. The summed E-state index contributed by atoms with van der Waals surface area (Å²) in [6.45, 7) is -2.02. The number of alkyl halides is 8. The predicted octanol–water partition coefficient (Wildman–Crippen LogP) is 3.47. The van der Waals surface area contributed by atoms with Crippen LogP contribution in [0.25, 0.3) is 0 Å². The number of nitrogens with zero attached hydrogens (tertiary/aromatic N) is 2. The van der Waals surface area contributed by atoms with Gasteiger partial charge in [-0.2, -0.15) is 26.3 Å². The molecule has 1 heterocycles. The molecule has 0 aromatic rings. The first-order chi connectivity index (χ1) is 8.42. The molecule has 0 aromatic heterocycles. The van der Waals surface area contributed by atoms with Gasteiger partial charge in [-0.05, 0) is 0 Å². The van der Waals surface area contributed by atoms with Crippen molar-refractivity contribution in [2.24, 2.45) is 0 Å². The Morgan fingerprint density at radius 1 is 1.05 bits per heavy atom. The van der Waals surface area contributed by atoms with Gasteiger partial charge in [0.2, 0.25) is 0 Å². The van der Waals surface area contributed by atoms with Crippen LogP contribution in [0.3, 0.4) is 0 Å². The molecule has 0 radical (unpaired) electrons. The predicted molar refractivity (Wildman–Crippen MR) is 56.1 cm³/mol. The summed E-state index contributed by atoms with van der Waals surface area (Å²) in [5.41, 5.74) is 0. The standard InChI is InChI=1S/C9H10F8N2.CH4/c1-18-2-3-19(5-18)4-7(12,13)9(16,17)8(14,15)6(10)11;/h2-3,6H,4-5H2,1H3;1H4. The van der Waals surface area contributed by atoms with Gasteiger partial charge in [-0.15, -0.1) is 0 Å². The van der Waals surface area contributed by atoms with E-state index < -0.39 is 30.7 Å². The summed E-state index contributed by atoms with van der Waals surface area (Å²) in [6, 6.07) is 0. The first kappa shape index (κ1) is 18.8. The zero-order chi connectivity index (χ0) is 15.1. The van der Waals surface area contributed by atoms with Gasteiger partial charge in [0.1, 0.15) is 0 Å². The van der Waals surface area contributed by atoms with Crippen LogP contribution in [0.15, 0.2) is 12.4 Å². The molecule has 0 aliphatic carbocycles. The summed E-state index contributed by atoms with van der Waals surface area (Å²) >= 11 is 0. The Bertz CT molecular complexity index is 355. The van der Waals surface area contributed by atoms with E-state index >= 15 is 0 Å². The largest absolute Gasteiger partial charge is 0.379 e. The highest BCUT2D eigenvalue weighted by atomic mass is 19.4. The molecule has 0 saturated heterocycles. The Hall–Kier alpha value is -1.22. The fourth-order valence-corrected chi connectivity index (χ4v) is 1.43. The number of halogens is 8. The second-order valence-electron chi connectivity index (χ2n) is 4.15. The Morgan fingerprint density at radius 2 is 1.55 bits per heavy atom. The van der Waals surface area contributed by atoms with Crippen LogP contribution in [-0.4, -0.2) is 54.3 Å². The lowest BCUT2D eigenvalue weighted by atomic mass is 10.0. The second kappa shape index (κ2) is 5.65. The molecule has 20 heavy (non-hydrogen) atoms. The van der Waals surface area contributed by atoms with E-state index in [1.54, 1.807) is 0 Å². The highest BCUT2D eigenvalue weighted by Gasteiger charge is 2.75. The van der Waals surface area contributed by atoms with Gasteiger partial charge in [0.05, 0.1) is 13.2 Å². The molecule has 1 aliphatic heterocycles. The van der Waals surface area contributed by atoms with Crippen molar-refractivity contribution in [1.82, 2.24) is 9.80 Å². The summed E-state index contributed by atoms with van der Waals surface area (Å²) in [6.07, 6.45) is -2.66. The fourth-order valence-electron chi connectivity index (χ4n) is 1.43. The van der Waals surface area contributed by atoms with Crippen LogP contribution in [0.5, 0.6) is 0 Å². The SMILES string of the molecule is C.CN1C=CN(CC(F)(F)C(F)(F)C(F)(F)C(F)F)C1. The lowest BCUT2D eigenvalue weighted by Gasteiger charge is -2.34. The Labute approximate surface area is 110 Å². The van der Waals surface area contributed by atoms with Crippen LogP contribution >= 0.6 is 0 Å². The van der Waals surface area contributed by atoms with Crippen molar-refractivity contribution in [1.29, 1.82) is 0 Å². The zero-order valence-corrected chi connectivity index (χ0v) is 9.56. The van der Waals surface area contributed by atoms with Crippen molar-refractivity contribution < 1.29 is 35.1 Å². The molecule has 0 saturated carbocycles. The highest BCUT2D eigenvalue weighted by Crippen LogP contribution is 2.48. The lowest BCUT2D eigenvalue weighted by molar-refractivity contribution is -0.339. The van der Waals surface area contributed by atoms with Gasteiger partial charge in [-0.3, -0.25) is 0 Å². The van der Waals surface area contributed by atoms with Gasteiger partial charge >= 0.3 is 24.2 Å². The molecule has 0 bridgehead atoms. The fraction of sp³-hybridized carbons (Fsp3) is 0.800. The molecule has 10 heteroatoms. The second-order valence-corrected chi connectivity index (χ2v) is 4.15. The molecular formula is C10H14F8N2. The van der Waals surface area contributed by atoms with E-state index in [0.29, 0.717) is 4.90 Å². The van der Waals surface area contributed by atoms with Crippen molar-refractivity contribution in [3.63, 3.8) is 0 Å². The van der Waals surface area contributed by atoms with Crippen LogP contribution in [0.1, 0.15) is 7.43 Å². The van der Waals surface area contributed by atoms with E-state index in [1.165, 1.54) is 18.1 Å². The van der Waals surface area contributed by atoms with E-state index in [1.807, 2.05) is 0 Å². The topological polar surface area (TPSA) is 6.48 Å². The summed E-state index contributed by atoms with van der Waals surface area (Å²) in [4.78, 5) is 1.94. The molecule has 0 N–H and O–H groups in total. The molecular weight excluding hydrogens is 300 g/mol. The molecule has 0 spiro atoms. The quantitative estimate of drug-likeness (QED) is 0.717. The minimum atomic E-state index is -6.15. The number of hydrogen-bond donors (Lipinski definition) is 0. The molecule has 0 amide bonds. The molecule has 0 unspecified atom stereocenters. The van der Waals surface area contributed by atoms with E-state index in [2.05, 4.69) is 0 Å². The van der Waals surface area contributed by atoms with Gasteiger partial charge in [-0.25, -0.2) is 8.78 Å². The third-order valence-corrected chi connectivity index (χ3v) is 2.49. The van der Waals surface area contributed by atoms with Gasteiger partial charge in [0, 0.05) is 19.4 Å². The van der Waals surface area contributed by atoms with Crippen LogP contribution < -0.4 is 0 Å². The molecule has 120 valence electrons. The van der Waals surface area contributed by atoms with Crippen molar-refractivity contribution in [3.05, 3.63) is 12.4 Å². The van der Waals surface area contributed by atoms with Crippen molar-refractivity contribution in [2.45, 2.75) is 31.6 Å². The summed E-state index contributed by atoms with van der Waals surface area (Å²) < 4.78 is 101. The number of hydrogen-bond acceptors (Lipinski definition) is 2. The van der Waals surface area contributed by atoms with Gasteiger partial charge in [0.15, 0.2) is 0 Å². The zero-order valence-electron chi connectivity index (χ0n) is 9.56. The molecule has 0 atom stereocenters. The van der Waals surface area contributed by atoms with Crippen LogP contribution in [0, 0.1) is 0 Å². The monoisotopic (exact) mass is 314 g/mol. The maximum Gasteiger partial charge on any atom is 0.379 e. The van der Waals surface area contributed by atoms with E-state index in [9.17, 15) is 35.1 Å². The van der Waals surface area contributed by atoms with Crippen molar-refractivity contribution in [3.8, 4) is 0 Å². The van der Waals surface area contributed by atoms with E-state index in [0.717, 1.165) is 6.20 Å². The maximum atomic E-state index is 13.2.